The molecule has 8 heteroatoms. The van der Waals surface area contributed by atoms with Crippen LogP contribution in [-0.4, -0.2) is 35.6 Å². The van der Waals surface area contributed by atoms with Gasteiger partial charge in [-0.15, -0.1) is 11.3 Å². The molecule has 0 atom stereocenters. The smallest absolute Gasteiger partial charge is 0.333 e. The van der Waals surface area contributed by atoms with Gasteiger partial charge in [0, 0.05) is 18.4 Å². The maximum atomic E-state index is 12.4. The van der Waals surface area contributed by atoms with Crippen molar-refractivity contribution in [3.63, 3.8) is 0 Å². The minimum atomic E-state index is -4.40. The number of hydrogen-bond acceptors (Lipinski definition) is 4. The number of thiazole rings is 1. The lowest BCUT2D eigenvalue weighted by Crippen LogP contribution is -2.35. The van der Waals surface area contributed by atoms with Gasteiger partial charge < -0.3 is 4.90 Å². The molecule has 3 aromatic rings. The summed E-state index contributed by atoms with van der Waals surface area (Å²) in [4.78, 5) is 17.2. The number of rotatable bonds is 5. The van der Waals surface area contributed by atoms with Gasteiger partial charge in [0.25, 0.3) is 5.91 Å². The third-order valence-corrected chi connectivity index (χ3v) is 5.85. The topological polar surface area (TPSA) is 33.2 Å². The van der Waals surface area contributed by atoms with Gasteiger partial charge in [0.1, 0.15) is 6.54 Å². The van der Waals surface area contributed by atoms with Crippen molar-refractivity contribution in [3.8, 4) is 0 Å². The Kier molecular flexibility index (Phi) is 5.52. The van der Waals surface area contributed by atoms with Crippen LogP contribution in [0.3, 0.4) is 0 Å². The zero-order chi connectivity index (χ0) is 18.7. The van der Waals surface area contributed by atoms with Crippen LogP contribution in [0.15, 0.2) is 52.9 Å². The van der Waals surface area contributed by atoms with Gasteiger partial charge in [0.05, 0.1) is 10.2 Å². The van der Waals surface area contributed by atoms with Crippen LogP contribution in [0.2, 0.25) is 0 Å². The van der Waals surface area contributed by atoms with E-state index in [1.54, 1.807) is 47.4 Å². The van der Waals surface area contributed by atoms with E-state index in [9.17, 15) is 18.0 Å². The Bertz CT molecular complexity index is 874. The number of para-hydroxylation sites is 1. The molecule has 0 aliphatic heterocycles. The van der Waals surface area contributed by atoms with E-state index in [0.29, 0.717) is 10.7 Å². The van der Waals surface area contributed by atoms with Crippen molar-refractivity contribution >= 4 is 39.2 Å². The average molecular weight is 396 g/mol. The van der Waals surface area contributed by atoms with Crippen molar-refractivity contribution in [1.82, 2.24) is 9.88 Å². The van der Waals surface area contributed by atoms with Crippen molar-refractivity contribution in [2.45, 2.75) is 16.3 Å². The molecule has 0 saturated carbocycles. The predicted molar refractivity (Wildman–Crippen MR) is 98.6 cm³/mol. The number of thioether (sulfide) groups is 1. The Balaban J connectivity index is 1.61. The number of benzene rings is 2. The van der Waals surface area contributed by atoms with Gasteiger partial charge in [-0.1, -0.05) is 36.0 Å². The Morgan fingerprint density at radius 1 is 1.15 bits per heavy atom. The third kappa shape index (κ3) is 4.76. The molecular formula is C18H15F3N2OS2. The van der Waals surface area contributed by atoms with Gasteiger partial charge in [-0.05, 0) is 29.8 Å². The Morgan fingerprint density at radius 3 is 2.50 bits per heavy atom. The summed E-state index contributed by atoms with van der Waals surface area (Å²) in [6, 6.07) is 14.5. The average Bonchev–Trinajstić information content (AvgIpc) is 3.01. The van der Waals surface area contributed by atoms with E-state index in [4.69, 9.17) is 0 Å². The van der Waals surface area contributed by atoms with Crippen LogP contribution in [0.25, 0.3) is 10.2 Å². The third-order valence-electron chi connectivity index (χ3n) is 3.60. The van der Waals surface area contributed by atoms with Crippen molar-refractivity contribution in [1.29, 1.82) is 0 Å². The fourth-order valence-corrected chi connectivity index (χ4v) is 4.39. The molecule has 0 spiro atoms. The molecule has 1 heterocycles. The first kappa shape index (κ1) is 18.7. The maximum absolute atomic E-state index is 12.4. The fourth-order valence-electron chi connectivity index (χ4n) is 2.36. The largest absolute Gasteiger partial charge is 0.406 e. The molecular weight excluding hydrogens is 381 g/mol. The van der Waals surface area contributed by atoms with Crippen LogP contribution < -0.4 is 0 Å². The lowest BCUT2D eigenvalue weighted by Gasteiger charge is -2.19. The predicted octanol–water partition coefficient (Wildman–Crippen LogP) is 5.22. The Morgan fingerprint density at radius 2 is 1.85 bits per heavy atom. The molecule has 26 heavy (non-hydrogen) atoms. The monoisotopic (exact) mass is 396 g/mol. The SMILES string of the molecule is CN(CC(F)(F)F)C(=O)c1ccc(CSc2nc3ccccc3s2)cc1. The van der Waals surface area contributed by atoms with E-state index in [0.717, 1.165) is 27.2 Å². The number of alkyl halides is 3. The molecule has 1 aromatic heterocycles. The number of nitrogens with zero attached hydrogens (tertiary/aromatic N) is 2. The van der Waals surface area contributed by atoms with E-state index in [1.807, 2.05) is 24.3 Å². The first-order valence-electron chi connectivity index (χ1n) is 7.71. The standard InChI is InChI=1S/C18H15F3N2OS2/c1-23(11-18(19,20)21)16(24)13-8-6-12(7-9-13)10-25-17-22-14-4-2-3-5-15(14)26-17/h2-9H,10-11H2,1H3. The number of hydrogen-bond donors (Lipinski definition) is 0. The second-order valence-electron chi connectivity index (χ2n) is 5.71. The molecule has 3 nitrogen and oxygen atoms in total. The normalized spacial score (nSPS) is 11.7. The van der Waals surface area contributed by atoms with Crippen molar-refractivity contribution in [2.75, 3.05) is 13.6 Å². The molecule has 0 N–H and O–H groups in total. The van der Waals surface area contributed by atoms with Gasteiger partial charge in [-0.2, -0.15) is 13.2 Å². The van der Waals surface area contributed by atoms with Gasteiger partial charge >= 0.3 is 6.18 Å². The summed E-state index contributed by atoms with van der Waals surface area (Å²) >= 11 is 3.21. The number of carbonyl (C=O) groups excluding carboxylic acids is 1. The summed E-state index contributed by atoms with van der Waals surface area (Å²) in [5, 5.41) is 0. The number of halogens is 3. The molecule has 136 valence electrons. The summed E-state index contributed by atoms with van der Waals surface area (Å²) in [5.74, 6) is 0.0276. The van der Waals surface area contributed by atoms with Crippen molar-refractivity contribution in [2.24, 2.45) is 0 Å². The van der Waals surface area contributed by atoms with Crippen LogP contribution >= 0.6 is 23.1 Å². The molecule has 0 radical (unpaired) electrons. The quantitative estimate of drug-likeness (QED) is 0.554. The maximum Gasteiger partial charge on any atom is 0.406 e. The second kappa shape index (κ2) is 7.67. The molecule has 0 unspecified atom stereocenters. The molecule has 0 bridgehead atoms. The van der Waals surface area contributed by atoms with Crippen LogP contribution in [-0.2, 0) is 5.75 Å². The van der Waals surface area contributed by atoms with Gasteiger partial charge in [-0.3, -0.25) is 4.79 Å². The summed E-state index contributed by atoms with van der Waals surface area (Å²) in [6.07, 6.45) is -4.40. The molecule has 1 amide bonds. The lowest BCUT2D eigenvalue weighted by atomic mass is 10.1. The zero-order valence-electron chi connectivity index (χ0n) is 13.8. The van der Waals surface area contributed by atoms with Crippen LogP contribution in [0, 0.1) is 0 Å². The van der Waals surface area contributed by atoms with Gasteiger partial charge in [0.2, 0.25) is 0 Å². The second-order valence-corrected chi connectivity index (χ2v) is 7.96. The van der Waals surface area contributed by atoms with Crippen LogP contribution in [0.4, 0.5) is 13.2 Å². The zero-order valence-corrected chi connectivity index (χ0v) is 15.4. The Labute approximate surface area is 156 Å². The van der Waals surface area contributed by atoms with E-state index in [-0.39, 0.29) is 5.56 Å². The highest BCUT2D eigenvalue weighted by Crippen LogP contribution is 2.31. The minimum Gasteiger partial charge on any atom is -0.333 e. The lowest BCUT2D eigenvalue weighted by molar-refractivity contribution is -0.138. The first-order valence-corrected chi connectivity index (χ1v) is 9.51. The summed E-state index contributed by atoms with van der Waals surface area (Å²) in [5.41, 5.74) is 2.18. The van der Waals surface area contributed by atoms with Crippen LogP contribution in [0.5, 0.6) is 0 Å². The number of amides is 1. The molecule has 2 aromatic carbocycles. The van der Waals surface area contributed by atoms with E-state index >= 15 is 0 Å². The van der Waals surface area contributed by atoms with E-state index in [2.05, 4.69) is 4.98 Å². The summed E-state index contributed by atoms with van der Waals surface area (Å²) < 4.78 is 39.2. The molecule has 0 saturated heterocycles. The minimum absolute atomic E-state index is 0.241. The number of aromatic nitrogens is 1. The highest BCUT2D eigenvalue weighted by molar-refractivity contribution is 8.00. The number of carbonyl (C=O) groups is 1. The molecule has 0 aliphatic rings. The Hall–Kier alpha value is -2.06. The van der Waals surface area contributed by atoms with E-state index < -0.39 is 18.6 Å². The van der Waals surface area contributed by atoms with Crippen molar-refractivity contribution in [3.05, 3.63) is 59.7 Å². The van der Waals surface area contributed by atoms with Gasteiger partial charge in [0.15, 0.2) is 4.34 Å². The van der Waals surface area contributed by atoms with Crippen molar-refractivity contribution < 1.29 is 18.0 Å². The van der Waals surface area contributed by atoms with Crippen LogP contribution in [0.1, 0.15) is 15.9 Å². The summed E-state index contributed by atoms with van der Waals surface area (Å²) in [6.45, 7) is -1.26. The summed E-state index contributed by atoms with van der Waals surface area (Å²) in [7, 11) is 1.15. The first-order chi connectivity index (χ1) is 12.3. The number of fused-ring (bicyclic) bond motifs is 1. The highest BCUT2D eigenvalue weighted by atomic mass is 32.2. The molecule has 0 aliphatic carbocycles. The molecule has 3 rings (SSSR count). The highest BCUT2D eigenvalue weighted by Gasteiger charge is 2.31. The molecule has 0 fully saturated rings. The van der Waals surface area contributed by atoms with Gasteiger partial charge in [-0.25, -0.2) is 4.98 Å². The fraction of sp³-hybridized carbons (Fsp3) is 0.222. The van der Waals surface area contributed by atoms with E-state index in [1.165, 1.54) is 0 Å².